The molecule has 1 saturated carbocycles. The summed E-state index contributed by atoms with van der Waals surface area (Å²) >= 11 is 13.1. The Morgan fingerprint density at radius 2 is 1.74 bits per heavy atom. The van der Waals surface area contributed by atoms with Crippen molar-refractivity contribution in [3.63, 3.8) is 0 Å². The summed E-state index contributed by atoms with van der Waals surface area (Å²) in [6, 6.07) is 16.7. The molecule has 1 aliphatic carbocycles. The number of rotatable bonds is 8. The molecule has 14 heteroatoms. The molecule has 1 aliphatic heterocycles. The van der Waals surface area contributed by atoms with Gasteiger partial charge in [0.25, 0.3) is 5.91 Å². The maximum Gasteiger partial charge on any atom is 0.439 e. The number of nitrogens with zero attached hydrogens (tertiary/aromatic N) is 2. The van der Waals surface area contributed by atoms with Gasteiger partial charge < -0.3 is 10.2 Å². The number of fused-ring (bicyclic) bond motifs is 1. The molecule has 11 nitrogen and oxygen atoms in total. The van der Waals surface area contributed by atoms with Crippen molar-refractivity contribution in [2.24, 2.45) is 0 Å². The van der Waals surface area contributed by atoms with Crippen LogP contribution in [0.1, 0.15) is 77.7 Å². The quantitative estimate of drug-likeness (QED) is 0.224. The maximum atomic E-state index is 14.6. The summed E-state index contributed by atoms with van der Waals surface area (Å²) in [7, 11) is -3.60. The smallest absolute Gasteiger partial charge is 0.349 e. The predicted molar refractivity (Wildman–Crippen MR) is 178 cm³/mol. The second-order valence-electron chi connectivity index (χ2n) is 12.0. The van der Waals surface area contributed by atoms with E-state index in [-0.39, 0.29) is 22.7 Å². The fourth-order valence-corrected chi connectivity index (χ4v) is 8.14. The average molecular weight is 699 g/mol. The minimum absolute atomic E-state index is 0.287. The number of sulfonamides is 1. The normalized spacial score (nSPS) is 22.0. The molecule has 4 aromatic rings. The molecule has 47 heavy (non-hydrogen) atoms. The van der Waals surface area contributed by atoms with E-state index < -0.39 is 45.9 Å². The highest BCUT2D eigenvalue weighted by Gasteiger charge is 2.49. The van der Waals surface area contributed by atoms with Crippen molar-refractivity contribution in [3.05, 3.63) is 110 Å². The first kappa shape index (κ1) is 33.0. The number of nitrogens with one attached hydrogen (secondary N) is 3. The summed E-state index contributed by atoms with van der Waals surface area (Å²) in [5, 5.41) is 7.54. The van der Waals surface area contributed by atoms with E-state index in [9.17, 15) is 22.8 Å². The van der Waals surface area contributed by atoms with Crippen LogP contribution >= 0.6 is 23.2 Å². The molecular formula is C33H33Cl2N5O6S. The molecule has 3 aromatic carbocycles. The Morgan fingerprint density at radius 1 is 1.02 bits per heavy atom. The monoisotopic (exact) mass is 697 g/mol. The van der Waals surface area contributed by atoms with E-state index in [2.05, 4.69) is 24.7 Å². The van der Waals surface area contributed by atoms with Crippen LogP contribution in [0.15, 0.2) is 76.0 Å². The largest absolute Gasteiger partial charge is 0.439 e. The van der Waals surface area contributed by atoms with Gasteiger partial charge in [-0.3, -0.25) is 19.1 Å². The molecule has 2 heterocycles. The second kappa shape index (κ2) is 13.3. The molecule has 1 unspecified atom stereocenters. The van der Waals surface area contributed by atoms with Crippen LogP contribution in [0.25, 0.3) is 11.4 Å². The van der Waals surface area contributed by atoms with Gasteiger partial charge in [0.15, 0.2) is 5.82 Å². The Bertz CT molecular complexity index is 1980. The van der Waals surface area contributed by atoms with Gasteiger partial charge in [-0.15, -0.1) is 0 Å². The average Bonchev–Trinajstić information content (AvgIpc) is 3.47. The van der Waals surface area contributed by atoms with Crippen LogP contribution in [0.4, 0.5) is 0 Å². The number of H-pyrrole nitrogens is 1. The van der Waals surface area contributed by atoms with Crippen LogP contribution < -0.4 is 15.8 Å². The molecule has 0 saturated heterocycles. The third-order valence-electron chi connectivity index (χ3n) is 8.88. The lowest BCUT2D eigenvalue weighted by Crippen LogP contribution is -2.59. The summed E-state index contributed by atoms with van der Waals surface area (Å²) in [6.07, 6.45) is 3.76. The first-order valence-electron chi connectivity index (χ1n) is 15.2. The number of aromatic nitrogens is 2. The Hall–Kier alpha value is -3.97. The number of carbonyl (C=O) groups excluding carboxylic acids is 2. The van der Waals surface area contributed by atoms with Gasteiger partial charge in [-0.2, -0.15) is 0 Å². The number of hydrogen-bond acceptors (Lipinski definition) is 7. The third-order valence-corrected chi connectivity index (χ3v) is 10.2. The molecule has 6 rings (SSSR count). The predicted octanol–water partition coefficient (Wildman–Crippen LogP) is 5.36. The van der Waals surface area contributed by atoms with Crippen LogP contribution in [0.2, 0.25) is 10.0 Å². The van der Waals surface area contributed by atoms with Crippen molar-refractivity contribution in [1.29, 1.82) is 0 Å². The maximum absolute atomic E-state index is 14.6. The van der Waals surface area contributed by atoms with Gasteiger partial charge in [-0.25, -0.2) is 17.9 Å². The summed E-state index contributed by atoms with van der Waals surface area (Å²) in [5.74, 6) is -1.91. The molecule has 1 fully saturated rings. The van der Waals surface area contributed by atoms with Crippen LogP contribution in [0.3, 0.4) is 0 Å². The fraction of sp³-hybridized carbons (Fsp3) is 0.333. The highest BCUT2D eigenvalue weighted by molar-refractivity contribution is 7.88. The highest BCUT2D eigenvalue weighted by atomic mass is 35.5. The zero-order valence-electron chi connectivity index (χ0n) is 25.6. The fourth-order valence-electron chi connectivity index (χ4n) is 6.80. The van der Waals surface area contributed by atoms with Crippen LogP contribution in [0.5, 0.6) is 0 Å². The van der Waals surface area contributed by atoms with Crippen molar-refractivity contribution in [2.75, 3.05) is 6.26 Å². The first-order valence-corrected chi connectivity index (χ1v) is 17.9. The molecule has 0 bridgehead atoms. The Morgan fingerprint density at radius 3 is 2.43 bits per heavy atom. The molecular weight excluding hydrogens is 665 g/mol. The number of hydrogen-bond donors (Lipinski definition) is 3. The Kier molecular flexibility index (Phi) is 9.30. The molecule has 1 aromatic heterocycles. The number of halogens is 2. The van der Waals surface area contributed by atoms with Gasteiger partial charge >= 0.3 is 5.76 Å². The van der Waals surface area contributed by atoms with Crippen molar-refractivity contribution >= 4 is 45.0 Å². The summed E-state index contributed by atoms with van der Waals surface area (Å²) in [5.41, 5.74) is 2.87. The van der Waals surface area contributed by atoms with E-state index in [4.69, 9.17) is 23.2 Å². The van der Waals surface area contributed by atoms with E-state index in [1.54, 1.807) is 59.5 Å². The summed E-state index contributed by atoms with van der Waals surface area (Å²) in [6.45, 7) is 1.85. The molecule has 0 spiro atoms. The van der Waals surface area contributed by atoms with Gasteiger partial charge in [0.1, 0.15) is 0 Å². The van der Waals surface area contributed by atoms with Crippen LogP contribution in [-0.4, -0.2) is 53.6 Å². The highest BCUT2D eigenvalue weighted by Crippen LogP contribution is 2.48. The molecule has 3 N–H and O–H groups in total. The standard InChI is InChI=1S/C33H33Cl2N5O6S/c1-18(19-11-13-20(14-12-19)30-37-33(43)46-38-30)36-31(41)28-22-7-3-4-8-23(22)32(42)40(29(28)24-16-15-21(34)17-25(24)35)27-10-6-5-9-26(27)39-47(2,44)45/h3-4,7-8,11-18,26-29,39H,5-6,9-10H2,1-2H3,(H,36,41)(H,37,38,43)/t18?,26-,27-,28+,29-/m0/s1. The Balaban J connectivity index is 1.42. The molecule has 2 aliphatic rings. The van der Waals surface area contributed by atoms with Crippen molar-refractivity contribution in [3.8, 4) is 11.4 Å². The zero-order chi connectivity index (χ0) is 33.5. The van der Waals surface area contributed by atoms with Gasteiger partial charge in [0.2, 0.25) is 15.9 Å². The van der Waals surface area contributed by atoms with Gasteiger partial charge in [-0.1, -0.05) is 89.7 Å². The van der Waals surface area contributed by atoms with Gasteiger partial charge in [0, 0.05) is 33.3 Å². The first-order chi connectivity index (χ1) is 22.4. The topological polar surface area (TPSA) is 154 Å². The summed E-state index contributed by atoms with van der Waals surface area (Å²) < 4.78 is 32.2. The van der Waals surface area contributed by atoms with Crippen LogP contribution in [-0.2, 0) is 14.8 Å². The zero-order valence-corrected chi connectivity index (χ0v) is 27.9. The SMILES string of the molecule is CC(NC(=O)[C@@H]1c2ccccc2C(=O)N([C@H]2CCCC[C@@H]2NS(C)(=O)=O)[C@H]1c1ccc(Cl)cc1Cl)c1ccc(-c2noc(=O)[nH]2)cc1. The van der Waals surface area contributed by atoms with Gasteiger partial charge in [0.05, 0.1) is 24.3 Å². The number of aromatic amines is 1. The van der Waals surface area contributed by atoms with Crippen molar-refractivity contribution < 1.29 is 22.5 Å². The van der Waals surface area contributed by atoms with E-state index in [0.717, 1.165) is 24.7 Å². The lowest BCUT2D eigenvalue weighted by atomic mass is 9.76. The lowest BCUT2D eigenvalue weighted by Gasteiger charge is -2.49. The second-order valence-corrected chi connectivity index (χ2v) is 14.7. The van der Waals surface area contributed by atoms with E-state index in [1.165, 1.54) is 0 Å². The number of amides is 2. The van der Waals surface area contributed by atoms with E-state index in [1.807, 2.05) is 19.1 Å². The van der Waals surface area contributed by atoms with E-state index >= 15 is 0 Å². The Labute approximate surface area is 281 Å². The molecule has 246 valence electrons. The lowest BCUT2D eigenvalue weighted by molar-refractivity contribution is -0.125. The molecule has 0 radical (unpaired) electrons. The molecule has 5 atom stereocenters. The summed E-state index contributed by atoms with van der Waals surface area (Å²) in [4.78, 5) is 44.6. The third kappa shape index (κ3) is 6.87. The molecule has 2 amide bonds. The number of carbonyl (C=O) groups is 2. The van der Waals surface area contributed by atoms with E-state index in [0.29, 0.717) is 40.1 Å². The van der Waals surface area contributed by atoms with Crippen LogP contribution in [0, 0.1) is 0 Å². The van der Waals surface area contributed by atoms with Crippen molar-refractivity contribution in [1.82, 2.24) is 25.1 Å². The minimum atomic E-state index is -3.60. The number of benzene rings is 3. The minimum Gasteiger partial charge on any atom is -0.349 e. The van der Waals surface area contributed by atoms with Gasteiger partial charge in [-0.05, 0) is 54.7 Å². The van der Waals surface area contributed by atoms with Crippen molar-refractivity contribution in [2.45, 2.75) is 62.7 Å².